The summed E-state index contributed by atoms with van der Waals surface area (Å²) in [5.74, 6) is 1.98. The second-order valence-electron chi connectivity index (χ2n) is 3.47. The van der Waals surface area contributed by atoms with E-state index in [9.17, 15) is 0 Å². The summed E-state index contributed by atoms with van der Waals surface area (Å²) >= 11 is 0. The number of rotatable bonds is 2. The van der Waals surface area contributed by atoms with Crippen molar-refractivity contribution in [1.82, 2.24) is 0 Å². The quantitative estimate of drug-likeness (QED) is 0.513. The molecule has 0 unspecified atom stereocenters. The zero-order valence-corrected chi connectivity index (χ0v) is 7.14. The molecule has 0 amide bonds. The first-order chi connectivity index (χ1) is 4.84. The average molecular weight is 138 g/mol. The third-order valence-electron chi connectivity index (χ3n) is 2.71. The highest BCUT2D eigenvalue weighted by atomic mass is 14.3. The molecule has 0 heteroatoms. The summed E-state index contributed by atoms with van der Waals surface area (Å²) in [6, 6.07) is 0. The molecule has 0 aliphatic heterocycles. The molecule has 1 fully saturated rings. The first kappa shape index (κ1) is 7.84. The molecule has 0 aromatic rings. The van der Waals surface area contributed by atoms with Gasteiger partial charge in [0.25, 0.3) is 0 Å². The van der Waals surface area contributed by atoms with Gasteiger partial charge in [0, 0.05) is 0 Å². The SMILES string of the molecule is C/C=C/C[C@H]1CCC[C@H]1C. The van der Waals surface area contributed by atoms with Crippen LogP contribution in [-0.4, -0.2) is 0 Å². The molecule has 0 bridgehead atoms. The molecule has 0 heterocycles. The van der Waals surface area contributed by atoms with E-state index in [1.54, 1.807) is 0 Å². The van der Waals surface area contributed by atoms with E-state index in [-0.39, 0.29) is 0 Å². The maximum Gasteiger partial charge on any atom is -0.0320 e. The van der Waals surface area contributed by atoms with Gasteiger partial charge < -0.3 is 0 Å². The van der Waals surface area contributed by atoms with E-state index >= 15 is 0 Å². The predicted molar refractivity (Wildman–Crippen MR) is 45.9 cm³/mol. The molecule has 1 aliphatic rings. The minimum absolute atomic E-state index is 0.983. The summed E-state index contributed by atoms with van der Waals surface area (Å²) in [7, 11) is 0. The smallest absolute Gasteiger partial charge is 0.0320 e. The van der Waals surface area contributed by atoms with Crippen LogP contribution in [0.5, 0.6) is 0 Å². The Labute approximate surface area is 64.3 Å². The zero-order chi connectivity index (χ0) is 7.40. The van der Waals surface area contributed by atoms with Crippen LogP contribution in [0.2, 0.25) is 0 Å². The fourth-order valence-corrected chi connectivity index (χ4v) is 1.88. The van der Waals surface area contributed by atoms with Crippen molar-refractivity contribution >= 4 is 0 Å². The lowest BCUT2D eigenvalue weighted by atomic mass is 9.95. The predicted octanol–water partition coefficient (Wildman–Crippen LogP) is 3.39. The Morgan fingerprint density at radius 1 is 1.40 bits per heavy atom. The van der Waals surface area contributed by atoms with Crippen LogP contribution in [0.25, 0.3) is 0 Å². The van der Waals surface area contributed by atoms with Crippen molar-refractivity contribution in [3.8, 4) is 0 Å². The molecular formula is C10H18. The molecule has 0 radical (unpaired) electrons. The molecule has 0 aromatic carbocycles. The standard InChI is InChI=1S/C10H18/c1-3-4-7-10-8-5-6-9(10)2/h3-4,9-10H,5-8H2,1-2H3/b4-3+/t9-,10+/m1/s1. The molecule has 1 saturated carbocycles. The number of hydrogen-bond donors (Lipinski definition) is 0. The van der Waals surface area contributed by atoms with Crippen molar-refractivity contribution in [3.05, 3.63) is 12.2 Å². The van der Waals surface area contributed by atoms with Crippen molar-refractivity contribution in [2.24, 2.45) is 11.8 Å². The van der Waals surface area contributed by atoms with Crippen molar-refractivity contribution in [2.45, 2.75) is 39.5 Å². The summed E-state index contributed by atoms with van der Waals surface area (Å²) in [5, 5.41) is 0. The molecule has 0 spiro atoms. The van der Waals surface area contributed by atoms with Gasteiger partial charge in [-0.1, -0.05) is 31.9 Å². The minimum atomic E-state index is 0.983. The van der Waals surface area contributed by atoms with E-state index in [0.717, 1.165) is 11.8 Å². The van der Waals surface area contributed by atoms with Gasteiger partial charge in [0.05, 0.1) is 0 Å². The summed E-state index contributed by atoms with van der Waals surface area (Å²) in [6.45, 7) is 4.50. The fourth-order valence-electron chi connectivity index (χ4n) is 1.88. The second kappa shape index (κ2) is 3.80. The third kappa shape index (κ3) is 1.86. The number of allylic oxidation sites excluding steroid dienone is 2. The Balaban J connectivity index is 2.26. The topological polar surface area (TPSA) is 0 Å². The van der Waals surface area contributed by atoms with Crippen molar-refractivity contribution < 1.29 is 0 Å². The summed E-state index contributed by atoms with van der Waals surface area (Å²) in [5.41, 5.74) is 0. The van der Waals surface area contributed by atoms with Gasteiger partial charge in [-0.3, -0.25) is 0 Å². The molecule has 0 saturated heterocycles. The van der Waals surface area contributed by atoms with Crippen LogP contribution in [0.3, 0.4) is 0 Å². The number of hydrogen-bond acceptors (Lipinski definition) is 0. The third-order valence-corrected chi connectivity index (χ3v) is 2.71. The normalized spacial score (nSPS) is 33.8. The van der Waals surface area contributed by atoms with Crippen LogP contribution in [0.15, 0.2) is 12.2 Å². The van der Waals surface area contributed by atoms with Gasteiger partial charge in [0.1, 0.15) is 0 Å². The second-order valence-corrected chi connectivity index (χ2v) is 3.47. The lowest BCUT2D eigenvalue weighted by Gasteiger charge is -2.11. The molecule has 2 atom stereocenters. The van der Waals surface area contributed by atoms with Crippen LogP contribution in [0, 0.1) is 11.8 Å². The maximum atomic E-state index is 2.39. The molecule has 0 nitrogen and oxygen atoms in total. The van der Waals surface area contributed by atoms with E-state index < -0.39 is 0 Å². The van der Waals surface area contributed by atoms with Crippen molar-refractivity contribution in [1.29, 1.82) is 0 Å². The van der Waals surface area contributed by atoms with Gasteiger partial charge in [-0.2, -0.15) is 0 Å². The van der Waals surface area contributed by atoms with Crippen LogP contribution >= 0.6 is 0 Å². The highest BCUT2D eigenvalue weighted by Gasteiger charge is 2.21. The average Bonchev–Trinajstić information content (AvgIpc) is 2.31. The first-order valence-corrected chi connectivity index (χ1v) is 4.45. The largest absolute Gasteiger partial charge is 0.0917 e. The van der Waals surface area contributed by atoms with Crippen LogP contribution < -0.4 is 0 Å². The van der Waals surface area contributed by atoms with E-state index in [4.69, 9.17) is 0 Å². The van der Waals surface area contributed by atoms with Crippen molar-refractivity contribution in [3.63, 3.8) is 0 Å². The molecule has 10 heavy (non-hydrogen) atoms. The van der Waals surface area contributed by atoms with E-state index in [1.807, 2.05) is 0 Å². The molecular weight excluding hydrogens is 120 g/mol. The minimum Gasteiger partial charge on any atom is -0.0917 e. The first-order valence-electron chi connectivity index (χ1n) is 4.45. The molecule has 0 N–H and O–H groups in total. The van der Waals surface area contributed by atoms with Gasteiger partial charge in [-0.15, -0.1) is 0 Å². The monoisotopic (exact) mass is 138 g/mol. The lowest BCUT2D eigenvalue weighted by Crippen LogP contribution is -2.01. The Hall–Kier alpha value is -0.260. The van der Waals surface area contributed by atoms with Gasteiger partial charge in [-0.25, -0.2) is 0 Å². The maximum absolute atomic E-state index is 2.39. The van der Waals surface area contributed by atoms with Gasteiger partial charge in [0.15, 0.2) is 0 Å². The summed E-state index contributed by atoms with van der Waals surface area (Å²) in [4.78, 5) is 0. The summed E-state index contributed by atoms with van der Waals surface area (Å²) in [6.07, 6.45) is 10.2. The lowest BCUT2D eigenvalue weighted by molar-refractivity contribution is 0.424. The Kier molecular flexibility index (Phi) is 2.98. The van der Waals surface area contributed by atoms with E-state index in [1.165, 1.54) is 25.7 Å². The molecule has 1 aliphatic carbocycles. The Bertz CT molecular complexity index is 113. The van der Waals surface area contributed by atoms with Gasteiger partial charge in [-0.05, 0) is 31.6 Å². The molecule has 1 rings (SSSR count). The van der Waals surface area contributed by atoms with Gasteiger partial charge >= 0.3 is 0 Å². The van der Waals surface area contributed by atoms with Crippen LogP contribution in [-0.2, 0) is 0 Å². The Morgan fingerprint density at radius 2 is 2.20 bits per heavy atom. The summed E-state index contributed by atoms with van der Waals surface area (Å²) < 4.78 is 0. The zero-order valence-electron chi connectivity index (χ0n) is 7.14. The highest BCUT2D eigenvalue weighted by molar-refractivity contribution is 4.84. The molecule has 0 aromatic heterocycles. The highest BCUT2D eigenvalue weighted by Crippen LogP contribution is 2.33. The molecule has 58 valence electrons. The van der Waals surface area contributed by atoms with Crippen LogP contribution in [0.4, 0.5) is 0 Å². The van der Waals surface area contributed by atoms with Crippen LogP contribution in [0.1, 0.15) is 39.5 Å². The van der Waals surface area contributed by atoms with Crippen molar-refractivity contribution in [2.75, 3.05) is 0 Å². The van der Waals surface area contributed by atoms with E-state index in [0.29, 0.717) is 0 Å². The Morgan fingerprint density at radius 3 is 2.70 bits per heavy atom. The fraction of sp³-hybridized carbons (Fsp3) is 0.800. The van der Waals surface area contributed by atoms with Gasteiger partial charge in [0.2, 0.25) is 0 Å². The van der Waals surface area contributed by atoms with E-state index in [2.05, 4.69) is 26.0 Å².